The Labute approximate surface area is 117 Å². The molecule has 0 bridgehead atoms. The largest absolute Gasteiger partial charge is 0.398 e. The number of rotatable bonds is 5. The zero-order valence-electron chi connectivity index (χ0n) is 10.8. The van der Waals surface area contributed by atoms with Gasteiger partial charge in [0.15, 0.2) is 0 Å². The van der Waals surface area contributed by atoms with Crippen LogP contribution in [0.2, 0.25) is 0 Å². The monoisotopic (exact) mass is 334 g/mol. The number of anilines is 1. The van der Waals surface area contributed by atoms with Crippen molar-refractivity contribution in [3.05, 3.63) is 22.7 Å². The van der Waals surface area contributed by atoms with Crippen molar-refractivity contribution in [2.24, 2.45) is 5.41 Å². The van der Waals surface area contributed by atoms with Crippen molar-refractivity contribution < 1.29 is 8.42 Å². The van der Waals surface area contributed by atoms with Crippen LogP contribution in [0, 0.1) is 5.41 Å². The molecule has 0 heterocycles. The summed E-state index contributed by atoms with van der Waals surface area (Å²) < 4.78 is 27.6. The summed E-state index contributed by atoms with van der Waals surface area (Å²) in [5.74, 6) is 0. The van der Waals surface area contributed by atoms with E-state index in [-0.39, 0.29) is 16.0 Å². The first-order valence-corrected chi connectivity index (χ1v) is 8.00. The van der Waals surface area contributed by atoms with Crippen LogP contribution >= 0.6 is 15.9 Å². The predicted molar refractivity (Wildman–Crippen MR) is 77.8 cm³/mol. The average Bonchev–Trinajstić information content (AvgIpc) is 2.26. The highest BCUT2D eigenvalue weighted by Crippen LogP contribution is 2.24. The smallest absolute Gasteiger partial charge is 0.242 e. The van der Waals surface area contributed by atoms with E-state index in [9.17, 15) is 8.42 Å². The lowest BCUT2D eigenvalue weighted by Crippen LogP contribution is -2.34. The van der Waals surface area contributed by atoms with Crippen molar-refractivity contribution >= 4 is 31.6 Å². The molecule has 0 unspecified atom stereocenters. The highest BCUT2D eigenvalue weighted by molar-refractivity contribution is 9.10. The Balaban J connectivity index is 2.94. The molecule has 0 aliphatic heterocycles. The molecule has 0 atom stereocenters. The fourth-order valence-electron chi connectivity index (χ4n) is 1.26. The Morgan fingerprint density at radius 1 is 1.39 bits per heavy atom. The summed E-state index contributed by atoms with van der Waals surface area (Å²) in [5, 5.41) is 0. The normalized spacial score (nSPS) is 12.7. The molecule has 0 aliphatic carbocycles. The van der Waals surface area contributed by atoms with Crippen LogP contribution in [0.4, 0.5) is 5.69 Å². The molecule has 0 spiro atoms. The molecule has 0 fully saturated rings. The van der Waals surface area contributed by atoms with Crippen LogP contribution in [0.1, 0.15) is 27.2 Å². The quantitative estimate of drug-likeness (QED) is 0.813. The maximum atomic E-state index is 12.1. The standard InChI is InChI=1S/C12H19BrN2O2S/c1-4-12(2,3)8-15-18(16,17)11-6-5-9(13)7-10(11)14/h5-7,15H,4,8,14H2,1-3H3. The van der Waals surface area contributed by atoms with Crippen molar-refractivity contribution in [1.29, 1.82) is 0 Å². The van der Waals surface area contributed by atoms with E-state index in [1.807, 2.05) is 20.8 Å². The first-order valence-electron chi connectivity index (χ1n) is 5.73. The highest BCUT2D eigenvalue weighted by Gasteiger charge is 2.22. The van der Waals surface area contributed by atoms with Gasteiger partial charge in [0.2, 0.25) is 10.0 Å². The molecule has 0 saturated carbocycles. The molecule has 0 amide bonds. The average molecular weight is 335 g/mol. The lowest BCUT2D eigenvalue weighted by Gasteiger charge is -2.23. The van der Waals surface area contributed by atoms with Crippen LogP contribution < -0.4 is 10.5 Å². The second-order valence-electron chi connectivity index (χ2n) is 5.02. The second kappa shape index (κ2) is 5.59. The third-order valence-electron chi connectivity index (χ3n) is 2.96. The molecule has 0 aliphatic rings. The number of hydrogen-bond donors (Lipinski definition) is 2. The molecule has 0 aromatic heterocycles. The maximum absolute atomic E-state index is 12.1. The zero-order valence-corrected chi connectivity index (χ0v) is 13.2. The van der Waals surface area contributed by atoms with Crippen LogP contribution in [0.5, 0.6) is 0 Å². The van der Waals surface area contributed by atoms with Crippen molar-refractivity contribution in [2.75, 3.05) is 12.3 Å². The minimum Gasteiger partial charge on any atom is -0.398 e. The van der Waals surface area contributed by atoms with Crippen molar-refractivity contribution in [2.45, 2.75) is 32.1 Å². The van der Waals surface area contributed by atoms with Gasteiger partial charge in [-0.25, -0.2) is 13.1 Å². The zero-order chi connectivity index (χ0) is 14.0. The molecule has 1 rings (SSSR count). The van der Waals surface area contributed by atoms with Gasteiger partial charge in [0.05, 0.1) is 5.69 Å². The van der Waals surface area contributed by atoms with E-state index >= 15 is 0 Å². The Morgan fingerprint density at radius 2 is 2.00 bits per heavy atom. The van der Waals surface area contributed by atoms with Crippen LogP contribution in [0.3, 0.4) is 0 Å². The van der Waals surface area contributed by atoms with E-state index < -0.39 is 10.0 Å². The van der Waals surface area contributed by atoms with Gasteiger partial charge in [-0.3, -0.25) is 0 Å². The molecule has 18 heavy (non-hydrogen) atoms. The maximum Gasteiger partial charge on any atom is 0.242 e. The van der Waals surface area contributed by atoms with Gasteiger partial charge < -0.3 is 5.73 Å². The summed E-state index contributed by atoms with van der Waals surface area (Å²) in [6.45, 7) is 6.45. The first kappa shape index (κ1) is 15.5. The predicted octanol–water partition coefficient (Wildman–Crippen LogP) is 2.75. The SMILES string of the molecule is CCC(C)(C)CNS(=O)(=O)c1ccc(Br)cc1N. The van der Waals surface area contributed by atoms with E-state index in [0.717, 1.165) is 10.9 Å². The number of nitrogen functional groups attached to an aromatic ring is 1. The number of hydrogen-bond acceptors (Lipinski definition) is 3. The Bertz CT molecular complexity index is 527. The minimum atomic E-state index is -3.55. The lowest BCUT2D eigenvalue weighted by molar-refractivity contribution is 0.350. The molecule has 0 saturated heterocycles. The van der Waals surface area contributed by atoms with Crippen molar-refractivity contribution in [3.63, 3.8) is 0 Å². The van der Waals surface area contributed by atoms with E-state index in [1.165, 1.54) is 6.07 Å². The summed E-state index contributed by atoms with van der Waals surface area (Å²) in [6, 6.07) is 4.75. The van der Waals surface area contributed by atoms with E-state index in [1.54, 1.807) is 12.1 Å². The van der Waals surface area contributed by atoms with Gasteiger partial charge in [-0.15, -0.1) is 0 Å². The highest BCUT2D eigenvalue weighted by atomic mass is 79.9. The molecular weight excluding hydrogens is 316 g/mol. The van der Waals surface area contributed by atoms with Crippen LogP contribution in [0.15, 0.2) is 27.6 Å². The molecule has 4 nitrogen and oxygen atoms in total. The molecule has 3 N–H and O–H groups in total. The van der Waals surface area contributed by atoms with Crippen molar-refractivity contribution in [1.82, 2.24) is 4.72 Å². The second-order valence-corrected chi connectivity index (χ2v) is 7.68. The van der Waals surface area contributed by atoms with Gasteiger partial charge in [-0.1, -0.05) is 36.7 Å². The fourth-order valence-corrected chi connectivity index (χ4v) is 2.99. The van der Waals surface area contributed by atoms with Crippen LogP contribution in [0.25, 0.3) is 0 Å². The number of nitrogens with one attached hydrogen (secondary N) is 1. The van der Waals surface area contributed by atoms with Crippen LogP contribution in [-0.2, 0) is 10.0 Å². The summed E-state index contributed by atoms with van der Waals surface area (Å²) in [4.78, 5) is 0.123. The molecule has 102 valence electrons. The van der Waals surface area contributed by atoms with Crippen LogP contribution in [-0.4, -0.2) is 15.0 Å². The van der Waals surface area contributed by atoms with Gasteiger partial charge in [0.1, 0.15) is 4.90 Å². The topological polar surface area (TPSA) is 72.2 Å². The van der Waals surface area contributed by atoms with E-state index in [2.05, 4.69) is 20.7 Å². The fraction of sp³-hybridized carbons (Fsp3) is 0.500. The number of sulfonamides is 1. The molecular formula is C12H19BrN2O2S. The number of benzene rings is 1. The Kier molecular flexibility index (Phi) is 4.80. The van der Waals surface area contributed by atoms with Gasteiger partial charge in [0.25, 0.3) is 0 Å². The summed E-state index contributed by atoms with van der Waals surface area (Å²) in [6.07, 6.45) is 0.894. The summed E-state index contributed by atoms with van der Waals surface area (Å²) in [5.41, 5.74) is 5.90. The van der Waals surface area contributed by atoms with E-state index in [4.69, 9.17) is 5.73 Å². The summed E-state index contributed by atoms with van der Waals surface area (Å²) in [7, 11) is -3.55. The lowest BCUT2D eigenvalue weighted by atomic mass is 9.91. The summed E-state index contributed by atoms with van der Waals surface area (Å²) >= 11 is 3.25. The van der Waals surface area contributed by atoms with Gasteiger partial charge in [0, 0.05) is 11.0 Å². The van der Waals surface area contributed by atoms with E-state index in [0.29, 0.717) is 6.54 Å². The molecule has 1 aromatic rings. The van der Waals surface area contributed by atoms with Gasteiger partial charge in [-0.2, -0.15) is 0 Å². The molecule has 0 radical (unpaired) electrons. The van der Waals surface area contributed by atoms with Gasteiger partial charge in [-0.05, 0) is 30.0 Å². The molecule has 6 heteroatoms. The number of halogens is 1. The molecule has 1 aromatic carbocycles. The third kappa shape index (κ3) is 3.96. The number of nitrogens with two attached hydrogens (primary N) is 1. The minimum absolute atomic E-state index is 0.0722. The van der Waals surface area contributed by atoms with Gasteiger partial charge >= 0.3 is 0 Å². The third-order valence-corrected chi connectivity index (χ3v) is 4.93. The first-order chi connectivity index (χ1) is 8.18. The Morgan fingerprint density at radius 3 is 2.50 bits per heavy atom. The Hall–Kier alpha value is -0.590. The van der Waals surface area contributed by atoms with Crippen molar-refractivity contribution in [3.8, 4) is 0 Å².